The predicted octanol–water partition coefficient (Wildman–Crippen LogP) is 1.32. The van der Waals surface area contributed by atoms with Gasteiger partial charge in [-0.3, -0.25) is 4.79 Å². The topological polar surface area (TPSA) is 164 Å². The van der Waals surface area contributed by atoms with Gasteiger partial charge in [0, 0.05) is 25.7 Å². The summed E-state index contributed by atoms with van der Waals surface area (Å²) in [5.41, 5.74) is 12.4. The Labute approximate surface area is 182 Å². The van der Waals surface area contributed by atoms with Gasteiger partial charge in [0.2, 0.25) is 0 Å². The molecule has 0 aromatic heterocycles. The van der Waals surface area contributed by atoms with Crippen molar-refractivity contribution in [2.45, 2.75) is 63.1 Å². The van der Waals surface area contributed by atoms with Crippen LogP contribution in [0, 0.1) is 5.92 Å². The number of rotatable bonds is 11. The first-order chi connectivity index (χ1) is 14.7. The van der Waals surface area contributed by atoms with Crippen LogP contribution in [0.15, 0.2) is 30.3 Å². The van der Waals surface area contributed by atoms with E-state index < -0.39 is 46.6 Å². The molecule has 1 aliphatic rings. The molecular weight excluding hydrogens is 402 g/mol. The van der Waals surface area contributed by atoms with Gasteiger partial charge in [-0.1, -0.05) is 30.3 Å². The number of likely N-dealkylation sites (tertiary alicyclic amines) is 1. The normalized spacial score (nSPS) is 23.8. The summed E-state index contributed by atoms with van der Waals surface area (Å²) in [6.45, 7) is 0.301. The van der Waals surface area contributed by atoms with Crippen molar-refractivity contribution in [3.8, 4) is 0 Å². The molecule has 0 radical (unpaired) electrons. The molecule has 0 saturated carbocycles. The first kappa shape index (κ1) is 24.9. The first-order valence-electron chi connectivity index (χ1n) is 10.8. The molecule has 1 saturated heterocycles. The van der Waals surface area contributed by atoms with E-state index in [4.69, 9.17) is 11.5 Å². The second kappa shape index (κ2) is 11.3. The number of quaternary nitrogens is 1. The Bertz CT molecular complexity index is 759. The molecule has 1 heterocycles. The van der Waals surface area contributed by atoms with E-state index >= 15 is 0 Å². The summed E-state index contributed by atoms with van der Waals surface area (Å²) >= 11 is 0. The lowest BCUT2D eigenvalue weighted by Crippen LogP contribution is -2.64. The van der Waals surface area contributed by atoms with Crippen molar-refractivity contribution in [3.05, 3.63) is 35.9 Å². The van der Waals surface area contributed by atoms with Crippen LogP contribution in [0.4, 0.5) is 4.79 Å². The van der Waals surface area contributed by atoms with Gasteiger partial charge < -0.3 is 26.8 Å². The minimum atomic E-state index is -1.32. The summed E-state index contributed by atoms with van der Waals surface area (Å²) in [5.74, 6) is -2.45. The Morgan fingerprint density at radius 3 is 2.39 bits per heavy atom. The monoisotopic (exact) mass is 436 g/mol. The quantitative estimate of drug-likeness (QED) is 0.324. The molecule has 2 unspecified atom stereocenters. The summed E-state index contributed by atoms with van der Waals surface area (Å²) in [6, 6.07) is 7.66. The molecule has 7 N–H and O–H groups in total. The second-order valence-corrected chi connectivity index (χ2v) is 8.38. The Morgan fingerprint density at radius 2 is 1.81 bits per heavy atom. The van der Waals surface area contributed by atoms with Crippen LogP contribution in [0.2, 0.25) is 0 Å². The maximum absolute atomic E-state index is 13.2. The molecule has 0 spiro atoms. The van der Waals surface area contributed by atoms with E-state index in [9.17, 15) is 29.7 Å². The van der Waals surface area contributed by atoms with Crippen LogP contribution in [0.1, 0.15) is 44.1 Å². The molecule has 31 heavy (non-hydrogen) atoms. The number of hydrogen-bond donors (Lipinski definition) is 5. The third kappa shape index (κ3) is 6.10. The first-order valence-corrected chi connectivity index (χ1v) is 10.8. The minimum Gasteiger partial charge on any atom is -0.481 e. The Morgan fingerprint density at radius 1 is 1.13 bits per heavy atom. The largest absolute Gasteiger partial charge is 0.521 e. The van der Waals surface area contributed by atoms with Crippen molar-refractivity contribution in [2.24, 2.45) is 17.4 Å². The summed E-state index contributed by atoms with van der Waals surface area (Å²) in [4.78, 5) is 37.4. The van der Waals surface area contributed by atoms with E-state index in [1.807, 2.05) is 30.3 Å². The minimum absolute atomic E-state index is 0.0740. The Hall–Kier alpha value is -2.33. The summed E-state index contributed by atoms with van der Waals surface area (Å²) < 4.78 is -0.869. The van der Waals surface area contributed by atoms with Gasteiger partial charge in [0.15, 0.2) is 0 Å². The molecule has 0 aliphatic carbocycles. The van der Waals surface area contributed by atoms with E-state index in [-0.39, 0.29) is 32.4 Å². The predicted molar refractivity (Wildman–Crippen MR) is 114 cm³/mol. The number of aliphatic hydroxyl groups is 1. The van der Waals surface area contributed by atoms with Crippen molar-refractivity contribution < 1.29 is 34.2 Å². The molecule has 172 valence electrons. The number of aliphatic hydroxyl groups excluding tert-OH is 1. The highest BCUT2D eigenvalue weighted by molar-refractivity contribution is 5.84. The van der Waals surface area contributed by atoms with E-state index in [1.54, 1.807) is 0 Å². The molecule has 2 amide bonds. The highest BCUT2D eigenvalue weighted by atomic mass is 16.4. The smallest absolute Gasteiger partial charge is 0.481 e. The molecule has 2 rings (SSSR count). The third-order valence-corrected chi connectivity index (χ3v) is 6.28. The van der Waals surface area contributed by atoms with Gasteiger partial charge in [0.05, 0.1) is 18.6 Å². The summed E-state index contributed by atoms with van der Waals surface area (Å²) in [6.07, 6.45) is -0.110. The van der Waals surface area contributed by atoms with Crippen LogP contribution < -0.4 is 11.5 Å². The lowest BCUT2D eigenvalue weighted by atomic mass is 9.91. The molecule has 0 bridgehead atoms. The van der Waals surface area contributed by atoms with Gasteiger partial charge in [-0.05, 0) is 31.4 Å². The van der Waals surface area contributed by atoms with Crippen molar-refractivity contribution in [1.29, 1.82) is 0 Å². The van der Waals surface area contributed by atoms with Gasteiger partial charge in [0.1, 0.15) is 12.1 Å². The molecule has 5 atom stereocenters. The lowest BCUT2D eigenvalue weighted by molar-refractivity contribution is -0.796. The van der Waals surface area contributed by atoms with Crippen LogP contribution in [-0.4, -0.2) is 69.0 Å². The maximum Gasteiger partial charge on any atom is 0.521 e. The number of nitrogens with zero attached hydrogens (tertiary/aromatic N) is 1. The summed E-state index contributed by atoms with van der Waals surface area (Å²) in [5, 5.41) is 29.7. The standard InChI is InChI=1S/C22H33N3O6/c23-11-10-18(26)14-19(24)20(27)25(22(30)31)12-4-7-17(25)13-16(21(28)29)9-8-15-5-2-1-3-6-15/h1-3,5-6,16-19,26H,4,7-14,23-24H2,(H-,28,29,30,31)/p+1/t16-,17-,18?,19-,25?/m0/s1. The lowest BCUT2D eigenvalue weighted by Gasteiger charge is -2.34. The number of aryl methyl sites for hydroxylation is 1. The number of carbonyl (C=O) groups excluding carboxylic acids is 1. The molecular formula is C22H34N3O6+. The molecule has 1 fully saturated rings. The number of aliphatic carboxylic acids is 1. The van der Waals surface area contributed by atoms with Gasteiger partial charge >= 0.3 is 18.0 Å². The maximum atomic E-state index is 13.2. The molecule has 1 aliphatic heterocycles. The Kier molecular flexibility index (Phi) is 9.12. The second-order valence-electron chi connectivity index (χ2n) is 8.38. The average molecular weight is 437 g/mol. The molecule has 9 heteroatoms. The van der Waals surface area contributed by atoms with Crippen molar-refractivity contribution >= 4 is 18.0 Å². The van der Waals surface area contributed by atoms with Crippen LogP contribution in [0.3, 0.4) is 0 Å². The van der Waals surface area contributed by atoms with E-state index in [0.717, 1.165) is 5.56 Å². The zero-order chi connectivity index (χ0) is 23.0. The Balaban J connectivity index is 2.16. The fraction of sp³-hybridized carbons (Fsp3) is 0.591. The van der Waals surface area contributed by atoms with Gasteiger partial charge in [0.25, 0.3) is 0 Å². The van der Waals surface area contributed by atoms with E-state index in [1.165, 1.54) is 0 Å². The van der Waals surface area contributed by atoms with Gasteiger partial charge in [-0.2, -0.15) is 9.28 Å². The van der Waals surface area contributed by atoms with Crippen molar-refractivity contribution in [3.63, 3.8) is 0 Å². The van der Waals surface area contributed by atoms with Crippen LogP contribution >= 0.6 is 0 Å². The third-order valence-electron chi connectivity index (χ3n) is 6.28. The highest BCUT2D eigenvalue weighted by Crippen LogP contribution is 2.34. The molecule has 1 aromatic carbocycles. The zero-order valence-electron chi connectivity index (χ0n) is 17.7. The number of benzene rings is 1. The molecule has 1 aromatic rings. The fourth-order valence-electron chi connectivity index (χ4n) is 4.57. The zero-order valence-corrected chi connectivity index (χ0v) is 17.7. The van der Waals surface area contributed by atoms with Crippen molar-refractivity contribution in [2.75, 3.05) is 13.1 Å². The fourth-order valence-corrected chi connectivity index (χ4v) is 4.57. The number of carbonyl (C=O) groups is 3. The number of amides is 2. The van der Waals surface area contributed by atoms with Crippen LogP contribution in [0.25, 0.3) is 0 Å². The van der Waals surface area contributed by atoms with E-state index in [2.05, 4.69) is 0 Å². The SMILES string of the molecule is NCCC(O)C[C@H](N)C(=O)[N+]1(C(=O)O)CCC[C@H]1C[C@H](CCc1ccccc1)C(=O)O. The van der Waals surface area contributed by atoms with E-state index in [0.29, 0.717) is 25.7 Å². The highest BCUT2D eigenvalue weighted by Gasteiger charge is 2.57. The van der Waals surface area contributed by atoms with Crippen LogP contribution in [0.5, 0.6) is 0 Å². The average Bonchev–Trinajstić information content (AvgIpc) is 3.15. The molecule has 9 nitrogen and oxygen atoms in total. The summed E-state index contributed by atoms with van der Waals surface area (Å²) in [7, 11) is 0. The number of nitrogens with two attached hydrogens (primary N) is 2. The van der Waals surface area contributed by atoms with Gasteiger partial charge in [-0.25, -0.2) is 4.79 Å². The number of hydrogen-bond acceptors (Lipinski definition) is 6. The number of imide groups is 1. The van der Waals surface area contributed by atoms with Crippen LogP contribution in [-0.2, 0) is 16.0 Å². The number of carboxylic acids is 1. The van der Waals surface area contributed by atoms with Crippen molar-refractivity contribution in [1.82, 2.24) is 0 Å². The van der Waals surface area contributed by atoms with Gasteiger partial charge in [-0.15, -0.1) is 0 Å². The number of carboxylic acid groups (broad SMARTS) is 2.